The van der Waals surface area contributed by atoms with E-state index in [1.807, 2.05) is 39.0 Å². The molecule has 0 amide bonds. The molecule has 0 aromatic heterocycles. The van der Waals surface area contributed by atoms with Crippen LogP contribution in [0.1, 0.15) is 85.1 Å². The van der Waals surface area contributed by atoms with Crippen molar-refractivity contribution < 1.29 is 13.5 Å². The summed E-state index contributed by atoms with van der Waals surface area (Å²) in [7, 11) is -3.78. The molecule has 1 aromatic carbocycles. The summed E-state index contributed by atoms with van der Waals surface area (Å²) in [6, 6.07) is 6.78. The summed E-state index contributed by atoms with van der Waals surface area (Å²) in [4.78, 5) is 0.341. The molecule has 0 unspecified atom stereocenters. The molecule has 0 fully saturated rings. The number of aliphatic hydroxyl groups excluding tert-OH is 1. The summed E-state index contributed by atoms with van der Waals surface area (Å²) in [5.74, 6) is 0.0186. The van der Waals surface area contributed by atoms with Gasteiger partial charge < -0.3 is 0 Å². The van der Waals surface area contributed by atoms with Crippen molar-refractivity contribution in [3.8, 4) is 0 Å². The minimum absolute atomic E-state index is 0.0186. The number of benzene rings is 1. The summed E-state index contributed by atoms with van der Waals surface area (Å²) < 4.78 is 34.1. The molecule has 6 heteroatoms. The molecule has 34 heavy (non-hydrogen) atoms. The summed E-state index contributed by atoms with van der Waals surface area (Å²) in [6.07, 6.45) is 9.53. The van der Waals surface area contributed by atoms with Gasteiger partial charge in [0.25, 0.3) is 0 Å². The van der Waals surface area contributed by atoms with E-state index in [9.17, 15) is 13.5 Å². The van der Waals surface area contributed by atoms with Gasteiger partial charge in [-0.15, -0.1) is 0 Å². The van der Waals surface area contributed by atoms with Crippen molar-refractivity contribution in [2.75, 3.05) is 6.61 Å². The van der Waals surface area contributed by atoms with Gasteiger partial charge in [-0.3, -0.25) is 0 Å². The Morgan fingerprint density at radius 1 is 0.971 bits per heavy atom. The molecule has 0 aliphatic carbocycles. The molecule has 0 aliphatic heterocycles. The maximum absolute atomic E-state index is 14.3. The molecule has 196 valence electrons. The first-order valence-electron chi connectivity index (χ1n) is 13.5. The molecular weight excluding hydrogens is 549 g/mol. The Labute approximate surface area is 215 Å². The van der Waals surface area contributed by atoms with Crippen LogP contribution >= 0.6 is 0 Å². The van der Waals surface area contributed by atoms with Gasteiger partial charge in [0, 0.05) is 0 Å². The van der Waals surface area contributed by atoms with Crippen molar-refractivity contribution in [1.82, 2.24) is 4.31 Å². The Balaban J connectivity index is 3.85. The molecule has 0 saturated carbocycles. The summed E-state index contributed by atoms with van der Waals surface area (Å²) in [5.41, 5.74) is 1.04. The zero-order valence-electron chi connectivity index (χ0n) is 22.7. The zero-order valence-corrected chi connectivity index (χ0v) is 26.4. The third kappa shape index (κ3) is 8.35. The van der Waals surface area contributed by atoms with Gasteiger partial charge in [-0.1, -0.05) is 0 Å². The Kier molecular flexibility index (Phi) is 14.6. The number of rotatable bonds is 18. The zero-order chi connectivity index (χ0) is 25.8. The van der Waals surface area contributed by atoms with Crippen molar-refractivity contribution in [3.63, 3.8) is 0 Å². The fourth-order valence-corrected chi connectivity index (χ4v) is 27.8. The normalized spacial score (nSPS) is 14.5. The van der Waals surface area contributed by atoms with Crippen LogP contribution in [-0.2, 0) is 10.0 Å². The van der Waals surface area contributed by atoms with Crippen LogP contribution in [0.4, 0.5) is 0 Å². The standard InChI is InChI=1S/C16H24NO3S.3C4H9.Sn/c1-5-6-11-17(16(12-18)13(2)3)21(19,20)15-9-7-14(4)8-10-15;3*1-3-4-2;/h5,7-11,13,16,18H,1,6,12H2,2-4H3;3*1,3-4H2,2H3;/t16-;;;;/m1..../s1. The number of sulfonamides is 1. The van der Waals surface area contributed by atoms with Gasteiger partial charge in [0.15, 0.2) is 0 Å². The van der Waals surface area contributed by atoms with E-state index in [0.29, 0.717) is 11.3 Å². The molecule has 0 spiro atoms. The number of hydrogen-bond acceptors (Lipinski definition) is 3. The topological polar surface area (TPSA) is 57.6 Å². The molecule has 0 radical (unpaired) electrons. The van der Waals surface area contributed by atoms with Crippen LogP contribution < -0.4 is 0 Å². The molecule has 0 saturated heterocycles. The van der Waals surface area contributed by atoms with Gasteiger partial charge in [0.1, 0.15) is 0 Å². The summed E-state index contributed by atoms with van der Waals surface area (Å²) in [5, 5.41) is 10.5. The number of nitrogens with zero attached hydrogens (tertiary/aromatic N) is 1. The van der Waals surface area contributed by atoms with Crippen LogP contribution in [0.2, 0.25) is 13.3 Å². The van der Waals surface area contributed by atoms with Crippen molar-refractivity contribution in [1.29, 1.82) is 0 Å². The molecular formula is C28H51NO3SSn. The SMILES string of the molecule is C=CC[C@@H](N([C@H](CO)C(C)C)S(=O)(=O)c1ccc(C)cc1)[Sn]([CH2]CCC)([CH2]CCC)[CH2]CCC. The number of aliphatic hydroxyl groups is 1. The van der Waals surface area contributed by atoms with E-state index in [-0.39, 0.29) is 16.6 Å². The second-order valence-electron chi connectivity index (χ2n) is 10.4. The Morgan fingerprint density at radius 3 is 1.79 bits per heavy atom. The molecule has 1 N–H and O–H groups in total. The number of hydrogen-bond donors (Lipinski definition) is 1. The summed E-state index contributed by atoms with van der Waals surface area (Å²) >= 11 is -3.08. The average Bonchev–Trinajstić information content (AvgIpc) is 2.81. The van der Waals surface area contributed by atoms with Crippen molar-refractivity contribution in [2.24, 2.45) is 5.92 Å². The van der Waals surface area contributed by atoms with Crippen LogP contribution in [-0.4, -0.2) is 52.9 Å². The predicted molar refractivity (Wildman–Crippen MR) is 149 cm³/mol. The van der Waals surface area contributed by atoms with Gasteiger partial charge in [-0.25, -0.2) is 0 Å². The van der Waals surface area contributed by atoms with E-state index in [1.165, 1.54) is 32.6 Å². The Morgan fingerprint density at radius 2 is 1.44 bits per heavy atom. The second kappa shape index (κ2) is 15.7. The van der Waals surface area contributed by atoms with Crippen LogP contribution in [0.5, 0.6) is 0 Å². The van der Waals surface area contributed by atoms with Crippen molar-refractivity contribution in [3.05, 3.63) is 42.5 Å². The molecule has 0 heterocycles. The van der Waals surface area contributed by atoms with Crippen LogP contribution in [0.3, 0.4) is 0 Å². The Bertz CT molecular complexity index is 786. The fraction of sp³-hybridized carbons (Fsp3) is 0.714. The van der Waals surface area contributed by atoms with Crippen LogP contribution in [0.15, 0.2) is 41.8 Å². The molecule has 0 aliphatic rings. The second-order valence-corrected chi connectivity index (χ2v) is 26.2. The van der Waals surface area contributed by atoms with E-state index in [0.717, 1.165) is 24.8 Å². The first-order chi connectivity index (χ1) is 16.1. The summed E-state index contributed by atoms with van der Waals surface area (Å²) in [6.45, 7) is 16.7. The molecule has 2 atom stereocenters. The van der Waals surface area contributed by atoms with Gasteiger partial charge in [0.2, 0.25) is 0 Å². The van der Waals surface area contributed by atoms with E-state index >= 15 is 0 Å². The van der Waals surface area contributed by atoms with E-state index in [4.69, 9.17) is 0 Å². The monoisotopic (exact) mass is 601 g/mol. The van der Waals surface area contributed by atoms with Gasteiger partial charge in [-0.2, -0.15) is 0 Å². The van der Waals surface area contributed by atoms with E-state index in [1.54, 1.807) is 16.4 Å². The third-order valence-corrected chi connectivity index (χ3v) is 26.9. The third-order valence-electron chi connectivity index (χ3n) is 7.37. The van der Waals surface area contributed by atoms with Crippen LogP contribution in [0, 0.1) is 12.8 Å². The number of aryl methyl sites for hydroxylation is 1. The number of unbranched alkanes of at least 4 members (excludes halogenated alkanes) is 3. The molecule has 0 bridgehead atoms. The first-order valence-corrected chi connectivity index (χ1v) is 22.6. The first kappa shape index (κ1) is 31.7. The molecule has 1 rings (SSSR count). The van der Waals surface area contributed by atoms with Gasteiger partial charge in [-0.05, 0) is 0 Å². The van der Waals surface area contributed by atoms with E-state index in [2.05, 4.69) is 27.4 Å². The van der Waals surface area contributed by atoms with Gasteiger partial charge >= 0.3 is 216 Å². The average molecular weight is 600 g/mol. The molecule has 4 nitrogen and oxygen atoms in total. The van der Waals surface area contributed by atoms with Gasteiger partial charge in [0.05, 0.1) is 0 Å². The van der Waals surface area contributed by atoms with Crippen molar-refractivity contribution >= 4 is 28.4 Å². The van der Waals surface area contributed by atoms with Crippen LogP contribution in [0.25, 0.3) is 0 Å². The maximum atomic E-state index is 14.3. The van der Waals surface area contributed by atoms with E-state index < -0.39 is 34.4 Å². The minimum atomic E-state index is -3.78. The quantitative estimate of drug-likeness (QED) is 0.142. The molecule has 1 aromatic rings. The predicted octanol–water partition coefficient (Wildman–Crippen LogP) is 7.34. The fourth-order valence-electron chi connectivity index (χ4n) is 5.24. The Hall–Kier alpha value is -0.371. The van der Waals surface area contributed by atoms with Crippen molar-refractivity contribution in [2.45, 2.75) is 115 Å².